The molecule has 0 bridgehead atoms. The molecule has 174 valence electrons. The van der Waals surface area contributed by atoms with Crippen LogP contribution in [0.15, 0.2) is 47.0 Å². The topological polar surface area (TPSA) is 77.3 Å². The van der Waals surface area contributed by atoms with Gasteiger partial charge in [0.2, 0.25) is 5.89 Å². The van der Waals surface area contributed by atoms with E-state index >= 15 is 0 Å². The number of carbonyl (C=O) groups is 1. The third kappa shape index (κ3) is 5.26. The van der Waals surface area contributed by atoms with Gasteiger partial charge in [-0.05, 0) is 49.6 Å². The summed E-state index contributed by atoms with van der Waals surface area (Å²) in [6, 6.07) is 6.08. The van der Waals surface area contributed by atoms with Crippen molar-refractivity contribution in [3.8, 4) is 17.2 Å². The average Bonchev–Trinajstić information content (AvgIpc) is 3.18. The Kier molecular flexibility index (Phi) is 5.76. The first-order valence-electron chi connectivity index (χ1n) is 9.69. The number of aromatic nitrogens is 2. The molecule has 3 aromatic rings. The van der Waals surface area contributed by atoms with E-state index in [1.807, 2.05) is 0 Å². The van der Waals surface area contributed by atoms with Crippen LogP contribution in [0.2, 0.25) is 0 Å². The van der Waals surface area contributed by atoms with Crippen LogP contribution in [0, 0.1) is 0 Å². The van der Waals surface area contributed by atoms with Crippen molar-refractivity contribution in [2.24, 2.45) is 0 Å². The molecule has 0 saturated heterocycles. The van der Waals surface area contributed by atoms with Gasteiger partial charge >= 0.3 is 12.5 Å². The molecule has 0 saturated carbocycles. The predicted molar refractivity (Wildman–Crippen MR) is 101 cm³/mol. The van der Waals surface area contributed by atoms with Gasteiger partial charge in [0, 0.05) is 17.3 Å². The van der Waals surface area contributed by atoms with Crippen molar-refractivity contribution >= 4 is 5.91 Å². The molecule has 1 atom stereocenters. The molecular formula is C21H15F6N3O3. The Morgan fingerprint density at radius 2 is 1.91 bits per heavy atom. The number of amides is 1. The molecule has 0 radical (unpaired) electrons. The van der Waals surface area contributed by atoms with Crippen molar-refractivity contribution in [1.82, 2.24) is 15.3 Å². The van der Waals surface area contributed by atoms with Gasteiger partial charge < -0.3 is 14.5 Å². The Balaban J connectivity index is 1.56. The summed E-state index contributed by atoms with van der Waals surface area (Å²) in [7, 11) is 0. The van der Waals surface area contributed by atoms with E-state index in [-0.39, 0.29) is 22.8 Å². The van der Waals surface area contributed by atoms with Crippen LogP contribution in [0.4, 0.5) is 26.3 Å². The van der Waals surface area contributed by atoms with Gasteiger partial charge in [-0.3, -0.25) is 9.78 Å². The van der Waals surface area contributed by atoms with Gasteiger partial charge in [0.15, 0.2) is 0 Å². The van der Waals surface area contributed by atoms with Crippen molar-refractivity contribution < 1.29 is 40.3 Å². The van der Waals surface area contributed by atoms with Gasteiger partial charge in [0.05, 0.1) is 11.7 Å². The number of hydrogen-bond donors (Lipinski definition) is 1. The second-order valence-electron chi connectivity index (χ2n) is 7.25. The lowest BCUT2D eigenvalue weighted by Crippen LogP contribution is -2.30. The second kappa shape index (κ2) is 8.41. The summed E-state index contributed by atoms with van der Waals surface area (Å²) in [4.78, 5) is 20.2. The van der Waals surface area contributed by atoms with E-state index in [0.717, 1.165) is 24.4 Å². The SMILES string of the molecule is O=C(N[C@H]1CCCc2nc(-c3ccnc(C(F)(F)F)c3)oc21)c1cccc(OC(F)(F)F)c1. The summed E-state index contributed by atoms with van der Waals surface area (Å²) in [5.74, 6) is -0.964. The van der Waals surface area contributed by atoms with Crippen molar-refractivity contribution in [2.45, 2.75) is 37.8 Å². The Hall–Kier alpha value is -3.57. The quantitative estimate of drug-likeness (QED) is 0.512. The molecule has 2 heterocycles. The molecule has 1 amide bonds. The number of rotatable bonds is 4. The Bertz CT molecular complexity index is 1170. The van der Waals surface area contributed by atoms with Crippen LogP contribution in [0.1, 0.15) is 46.4 Å². The van der Waals surface area contributed by atoms with Crippen LogP contribution in [0.25, 0.3) is 11.5 Å². The molecule has 2 aromatic heterocycles. The van der Waals surface area contributed by atoms with Crippen molar-refractivity contribution in [2.75, 3.05) is 0 Å². The lowest BCUT2D eigenvalue weighted by Gasteiger charge is -2.21. The van der Waals surface area contributed by atoms with Crippen LogP contribution in [0.3, 0.4) is 0 Å². The summed E-state index contributed by atoms with van der Waals surface area (Å²) in [6.07, 6.45) is -6.97. The third-order valence-corrected chi connectivity index (χ3v) is 4.88. The van der Waals surface area contributed by atoms with Gasteiger partial charge in [-0.2, -0.15) is 13.2 Å². The molecular weight excluding hydrogens is 456 g/mol. The van der Waals surface area contributed by atoms with Gasteiger partial charge in [0.1, 0.15) is 17.2 Å². The number of halogens is 6. The second-order valence-corrected chi connectivity index (χ2v) is 7.25. The highest BCUT2D eigenvalue weighted by Gasteiger charge is 2.34. The van der Waals surface area contributed by atoms with Crippen LogP contribution < -0.4 is 10.1 Å². The van der Waals surface area contributed by atoms with E-state index in [1.165, 1.54) is 18.2 Å². The number of benzene rings is 1. The highest BCUT2D eigenvalue weighted by atomic mass is 19.4. The van der Waals surface area contributed by atoms with Crippen LogP contribution in [-0.4, -0.2) is 22.2 Å². The molecule has 0 aliphatic heterocycles. The van der Waals surface area contributed by atoms with E-state index in [1.54, 1.807) is 0 Å². The van der Waals surface area contributed by atoms with Gasteiger partial charge in [0.25, 0.3) is 5.91 Å². The predicted octanol–water partition coefficient (Wildman–Crippen LogP) is 5.46. The van der Waals surface area contributed by atoms with E-state index < -0.39 is 35.9 Å². The fraction of sp³-hybridized carbons (Fsp3) is 0.286. The lowest BCUT2D eigenvalue weighted by atomic mass is 9.96. The van der Waals surface area contributed by atoms with Crippen LogP contribution >= 0.6 is 0 Å². The summed E-state index contributed by atoms with van der Waals surface area (Å²) in [5.41, 5.74) is -0.593. The minimum Gasteiger partial charge on any atom is -0.439 e. The van der Waals surface area contributed by atoms with E-state index in [2.05, 4.69) is 20.0 Å². The van der Waals surface area contributed by atoms with Crippen LogP contribution in [-0.2, 0) is 12.6 Å². The van der Waals surface area contributed by atoms with Crippen molar-refractivity contribution in [3.05, 3.63) is 65.3 Å². The zero-order valence-electron chi connectivity index (χ0n) is 16.6. The monoisotopic (exact) mass is 471 g/mol. The lowest BCUT2D eigenvalue weighted by molar-refractivity contribution is -0.274. The molecule has 0 unspecified atom stereocenters. The molecule has 33 heavy (non-hydrogen) atoms. The third-order valence-electron chi connectivity index (χ3n) is 4.88. The minimum atomic E-state index is -4.90. The van der Waals surface area contributed by atoms with Crippen molar-refractivity contribution in [1.29, 1.82) is 0 Å². The number of nitrogens with zero attached hydrogens (tertiary/aromatic N) is 2. The number of carbonyl (C=O) groups excluding carboxylic acids is 1. The highest BCUT2D eigenvalue weighted by Crippen LogP contribution is 2.35. The average molecular weight is 471 g/mol. The maximum Gasteiger partial charge on any atom is 0.573 e. The first-order chi connectivity index (χ1) is 15.5. The number of oxazole rings is 1. The molecule has 1 N–H and O–H groups in total. The van der Waals surface area contributed by atoms with Gasteiger partial charge in [-0.25, -0.2) is 4.98 Å². The number of ether oxygens (including phenoxy) is 1. The summed E-state index contributed by atoms with van der Waals surface area (Å²) < 4.78 is 85.7. The maximum absolute atomic E-state index is 13.0. The van der Waals surface area contributed by atoms with Gasteiger partial charge in [-0.1, -0.05) is 6.07 Å². The first kappa shape index (κ1) is 22.6. The number of hydrogen-bond acceptors (Lipinski definition) is 5. The zero-order valence-corrected chi connectivity index (χ0v) is 16.6. The van der Waals surface area contributed by atoms with E-state index in [0.29, 0.717) is 25.0 Å². The fourth-order valence-electron chi connectivity index (χ4n) is 3.48. The minimum absolute atomic E-state index is 0.0466. The first-order valence-corrected chi connectivity index (χ1v) is 9.69. The Morgan fingerprint density at radius 1 is 1.12 bits per heavy atom. The number of pyridine rings is 1. The van der Waals surface area contributed by atoms with Crippen LogP contribution in [0.5, 0.6) is 5.75 Å². The molecule has 1 aromatic carbocycles. The van der Waals surface area contributed by atoms with E-state index in [4.69, 9.17) is 4.42 Å². The fourth-order valence-corrected chi connectivity index (χ4v) is 3.48. The summed E-state index contributed by atoms with van der Waals surface area (Å²) in [5, 5.41) is 2.68. The molecule has 1 aliphatic rings. The summed E-state index contributed by atoms with van der Waals surface area (Å²) in [6.45, 7) is 0. The Labute approximate surface area is 182 Å². The summed E-state index contributed by atoms with van der Waals surface area (Å²) >= 11 is 0. The van der Waals surface area contributed by atoms with E-state index in [9.17, 15) is 31.1 Å². The molecule has 1 aliphatic carbocycles. The molecule has 4 rings (SSSR count). The smallest absolute Gasteiger partial charge is 0.439 e. The number of aryl methyl sites for hydroxylation is 1. The highest BCUT2D eigenvalue weighted by molar-refractivity contribution is 5.94. The normalized spacial score (nSPS) is 16.2. The molecule has 0 fully saturated rings. The Morgan fingerprint density at radius 3 is 2.64 bits per heavy atom. The number of fused-ring (bicyclic) bond motifs is 1. The van der Waals surface area contributed by atoms with Gasteiger partial charge in [-0.15, -0.1) is 13.2 Å². The molecule has 6 nitrogen and oxygen atoms in total. The van der Waals surface area contributed by atoms with Crippen molar-refractivity contribution in [3.63, 3.8) is 0 Å². The molecule has 12 heteroatoms. The zero-order chi connectivity index (χ0) is 23.8. The number of nitrogens with one attached hydrogen (secondary N) is 1. The standard InChI is InChI=1S/C21H15F6N3O3/c22-20(23,24)16-10-12(7-8-28-16)19-30-15-6-2-5-14(17(15)32-19)29-18(31)11-3-1-4-13(9-11)33-21(25,26)27/h1,3-4,7-10,14H,2,5-6H2,(H,29,31)/t14-/m0/s1. The maximum atomic E-state index is 13.0. The molecule has 0 spiro atoms. The number of alkyl halides is 6. The largest absolute Gasteiger partial charge is 0.573 e.